The van der Waals surface area contributed by atoms with Crippen LogP contribution in [0.3, 0.4) is 0 Å². The van der Waals surface area contributed by atoms with Gasteiger partial charge in [-0.3, -0.25) is 4.79 Å². The van der Waals surface area contributed by atoms with E-state index in [-0.39, 0.29) is 5.91 Å². The highest BCUT2D eigenvalue weighted by Crippen LogP contribution is 2.33. The third-order valence-corrected chi connectivity index (χ3v) is 4.73. The summed E-state index contributed by atoms with van der Waals surface area (Å²) in [5.74, 6) is 1.47. The molecule has 27 heavy (non-hydrogen) atoms. The second-order valence-electron chi connectivity index (χ2n) is 6.44. The van der Waals surface area contributed by atoms with Gasteiger partial charge in [0.25, 0.3) is 5.91 Å². The Morgan fingerprint density at radius 3 is 2.70 bits per heavy atom. The molecule has 4 rings (SSSR count). The first-order valence-electron chi connectivity index (χ1n) is 8.96. The van der Waals surface area contributed by atoms with E-state index in [1.165, 1.54) is 5.56 Å². The molecular weight excluding hydrogens is 338 g/mol. The van der Waals surface area contributed by atoms with E-state index in [1.807, 2.05) is 48.5 Å². The van der Waals surface area contributed by atoms with Gasteiger partial charge in [0.1, 0.15) is 5.75 Å². The second-order valence-corrected chi connectivity index (χ2v) is 6.44. The number of hydrogen-bond donors (Lipinski definition) is 0. The molecule has 0 N–H and O–H groups in total. The molecule has 1 aliphatic rings. The summed E-state index contributed by atoms with van der Waals surface area (Å²) >= 11 is 0. The van der Waals surface area contributed by atoms with Crippen molar-refractivity contribution in [3.8, 4) is 5.75 Å². The van der Waals surface area contributed by atoms with Crippen LogP contribution in [-0.4, -0.2) is 31.1 Å². The number of benzene rings is 2. The minimum absolute atomic E-state index is 0.0393. The summed E-state index contributed by atoms with van der Waals surface area (Å²) in [5.41, 5.74) is 2.68. The molecule has 3 aromatic rings. The monoisotopic (exact) mass is 359 g/mol. The van der Waals surface area contributed by atoms with E-state index in [1.54, 1.807) is 24.3 Å². The van der Waals surface area contributed by atoms with Gasteiger partial charge >= 0.3 is 0 Å². The Labute approximate surface area is 158 Å². The van der Waals surface area contributed by atoms with Gasteiger partial charge in [-0.15, -0.1) is 0 Å². The molecule has 2 aromatic carbocycles. The van der Waals surface area contributed by atoms with Gasteiger partial charge in [-0.1, -0.05) is 36.4 Å². The molecule has 5 nitrogen and oxygen atoms in total. The third-order valence-electron chi connectivity index (χ3n) is 4.73. The van der Waals surface area contributed by atoms with E-state index in [2.05, 4.69) is 22.0 Å². The lowest BCUT2D eigenvalue weighted by atomic mass is 10.1. The first-order valence-corrected chi connectivity index (χ1v) is 8.96. The summed E-state index contributed by atoms with van der Waals surface area (Å²) < 4.78 is 5.25. The molecule has 0 saturated carbocycles. The highest BCUT2D eigenvalue weighted by molar-refractivity contribution is 6.08. The van der Waals surface area contributed by atoms with Crippen molar-refractivity contribution in [2.75, 3.05) is 30.0 Å². The van der Waals surface area contributed by atoms with Gasteiger partial charge in [-0.05, 0) is 35.9 Å². The van der Waals surface area contributed by atoms with Crippen LogP contribution in [0.1, 0.15) is 15.9 Å². The van der Waals surface area contributed by atoms with Gasteiger partial charge in [-0.2, -0.15) is 0 Å². The van der Waals surface area contributed by atoms with Crippen LogP contribution in [0.2, 0.25) is 0 Å². The zero-order valence-electron chi connectivity index (χ0n) is 15.2. The summed E-state index contributed by atoms with van der Waals surface area (Å²) in [7, 11) is 1.60. The number of pyridine rings is 1. The van der Waals surface area contributed by atoms with E-state index in [9.17, 15) is 4.79 Å². The molecule has 2 heterocycles. The fourth-order valence-electron chi connectivity index (χ4n) is 3.37. The van der Waals surface area contributed by atoms with Crippen molar-refractivity contribution in [3.63, 3.8) is 0 Å². The number of methoxy groups -OCH3 is 1. The fourth-order valence-corrected chi connectivity index (χ4v) is 3.37. The van der Waals surface area contributed by atoms with E-state index >= 15 is 0 Å². The molecule has 1 amide bonds. The standard InChI is InChI=1S/C22H21N3O2/c1-27-19-10-5-9-18(15-19)22(26)25-14-13-24(16-17-7-3-2-4-8-17)21-20(25)11-6-12-23-21/h2-12,15H,13-14,16H2,1H3. The van der Waals surface area contributed by atoms with Crippen molar-refractivity contribution in [2.45, 2.75) is 6.54 Å². The SMILES string of the molecule is COc1cccc(C(=O)N2CCN(Cc3ccccc3)c3ncccc32)c1. The lowest BCUT2D eigenvalue weighted by molar-refractivity contribution is 0.0986. The number of hydrogen-bond acceptors (Lipinski definition) is 4. The topological polar surface area (TPSA) is 45.7 Å². The summed E-state index contributed by atoms with van der Waals surface area (Å²) in [6.45, 7) is 2.11. The Morgan fingerprint density at radius 2 is 1.89 bits per heavy atom. The summed E-state index contributed by atoms with van der Waals surface area (Å²) in [6.07, 6.45) is 1.77. The van der Waals surface area contributed by atoms with Crippen LogP contribution in [0.25, 0.3) is 0 Å². The lowest BCUT2D eigenvalue weighted by Crippen LogP contribution is -2.44. The number of carbonyl (C=O) groups is 1. The molecule has 0 spiro atoms. The van der Waals surface area contributed by atoms with Gasteiger partial charge in [-0.25, -0.2) is 4.98 Å². The predicted octanol–water partition coefficient (Wildman–Crippen LogP) is 3.76. The van der Waals surface area contributed by atoms with Crippen LogP contribution < -0.4 is 14.5 Å². The maximum absolute atomic E-state index is 13.1. The number of carbonyl (C=O) groups excluding carboxylic acids is 1. The van der Waals surface area contributed by atoms with Crippen molar-refractivity contribution in [2.24, 2.45) is 0 Å². The first-order chi connectivity index (χ1) is 13.3. The van der Waals surface area contributed by atoms with Crippen molar-refractivity contribution in [1.29, 1.82) is 0 Å². The predicted molar refractivity (Wildman–Crippen MR) is 106 cm³/mol. The zero-order chi connectivity index (χ0) is 18.6. The summed E-state index contributed by atoms with van der Waals surface area (Å²) in [5, 5.41) is 0. The highest BCUT2D eigenvalue weighted by atomic mass is 16.5. The number of amides is 1. The third kappa shape index (κ3) is 3.49. The Morgan fingerprint density at radius 1 is 1.04 bits per heavy atom. The van der Waals surface area contributed by atoms with E-state index in [0.29, 0.717) is 17.9 Å². The van der Waals surface area contributed by atoms with Crippen molar-refractivity contribution >= 4 is 17.4 Å². The van der Waals surface area contributed by atoms with Crippen LogP contribution in [0.15, 0.2) is 72.9 Å². The van der Waals surface area contributed by atoms with E-state index in [0.717, 1.165) is 24.6 Å². The average molecular weight is 359 g/mol. The molecule has 0 saturated heterocycles. The van der Waals surface area contributed by atoms with Gasteiger partial charge in [0.05, 0.1) is 12.8 Å². The molecule has 5 heteroatoms. The molecule has 0 unspecified atom stereocenters. The number of nitrogens with zero attached hydrogens (tertiary/aromatic N) is 3. The summed E-state index contributed by atoms with van der Waals surface area (Å²) in [4.78, 5) is 21.7. The van der Waals surface area contributed by atoms with Gasteiger partial charge in [0.15, 0.2) is 5.82 Å². The number of fused-ring (bicyclic) bond motifs is 1. The number of ether oxygens (including phenoxy) is 1. The molecule has 0 radical (unpaired) electrons. The first kappa shape index (κ1) is 17.1. The highest BCUT2D eigenvalue weighted by Gasteiger charge is 2.28. The van der Waals surface area contributed by atoms with Crippen LogP contribution in [0, 0.1) is 0 Å². The van der Waals surface area contributed by atoms with Crippen LogP contribution >= 0.6 is 0 Å². The Kier molecular flexibility index (Phi) is 4.75. The molecule has 0 atom stereocenters. The van der Waals surface area contributed by atoms with Crippen molar-refractivity contribution in [3.05, 3.63) is 84.1 Å². The Balaban J connectivity index is 1.63. The van der Waals surface area contributed by atoms with Gasteiger partial charge in [0.2, 0.25) is 0 Å². The molecule has 0 bridgehead atoms. The van der Waals surface area contributed by atoms with Crippen molar-refractivity contribution < 1.29 is 9.53 Å². The van der Waals surface area contributed by atoms with Gasteiger partial charge in [0, 0.05) is 31.4 Å². The lowest BCUT2D eigenvalue weighted by Gasteiger charge is -2.36. The Bertz CT molecular complexity index is 943. The van der Waals surface area contributed by atoms with E-state index in [4.69, 9.17) is 4.74 Å². The number of anilines is 2. The smallest absolute Gasteiger partial charge is 0.258 e. The quantitative estimate of drug-likeness (QED) is 0.712. The number of rotatable bonds is 4. The van der Waals surface area contributed by atoms with Crippen LogP contribution in [0.4, 0.5) is 11.5 Å². The van der Waals surface area contributed by atoms with Crippen LogP contribution in [0.5, 0.6) is 5.75 Å². The fraction of sp³-hybridized carbons (Fsp3) is 0.182. The average Bonchev–Trinajstić information content (AvgIpc) is 2.74. The zero-order valence-corrected chi connectivity index (χ0v) is 15.2. The molecular formula is C22H21N3O2. The largest absolute Gasteiger partial charge is 0.497 e. The van der Waals surface area contributed by atoms with Gasteiger partial charge < -0.3 is 14.5 Å². The second kappa shape index (κ2) is 7.50. The molecule has 1 aliphatic heterocycles. The molecule has 1 aromatic heterocycles. The van der Waals surface area contributed by atoms with Crippen molar-refractivity contribution in [1.82, 2.24) is 4.98 Å². The molecule has 136 valence electrons. The Hall–Kier alpha value is -3.34. The normalized spacial score (nSPS) is 13.2. The van der Waals surface area contributed by atoms with E-state index < -0.39 is 0 Å². The van der Waals surface area contributed by atoms with Crippen LogP contribution in [-0.2, 0) is 6.54 Å². The molecule has 0 aliphatic carbocycles. The number of aromatic nitrogens is 1. The maximum atomic E-state index is 13.1. The maximum Gasteiger partial charge on any atom is 0.258 e. The summed E-state index contributed by atoms with van der Waals surface area (Å²) in [6, 6.07) is 21.4. The molecule has 0 fully saturated rings. The minimum Gasteiger partial charge on any atom is -0.497 e. The minimum atomic E-state index is -0.0393.